The SMILES string of the molecule is CCC/C=C\CCCCCCCC(=O)OC(CCCCCCC)CCCCCCC(=O)O. The van der Waals surface area contributed by atoms with Gasteiger partial charge in [0, 0.05) is 12.8 Å². The molecule has 4 nitrogen and oxygen atoms in total. The van der Waals surface area contributed by atoms with Gasteiger partial charge < -0.3 is 9.84 Å². The highest BCUT2D eigenvalue weighted by Crippen LogP contribution is 2.18. The number of hydrogen-bond acceptors (Lipinski definition) is 3. The van der Waals surface area contributed by atoms with Crippen LogP contribution >= 0.6 is 0 Å². The number of esters is 1. The summed E-state index contributed by atoms with van der Waals surface area (Å²) in [5.74, 6) is -0.746. The molecule has 0 aliphatic carbocycles. The van der Waals surface area contributed by atoms with Crippen LogP contribution in [-0.2, 0) is 14.3 Å². The van der Waals surface area contributed by atoms with Crippen LogP contribution in [0.15, 0.2) is 12.2 Å². The summed E-state index contributed by atoms with van der Waals surface area (Å²) in [7, 11) is 0. The molecule has 0 aromatic rings. The Balaban J connectivity index is 3.98. The third kappa shape index (κ3) is 23.3. The lowest BCUT2D eigenvalue weighted by molar-refractivity contribution is -0.150. The van der Waals surface area contributed by atoms with E-state index in [2.05, 4.69) is 26.0 Å². The maximum atomic E-state index is 12.3. The monoisotopic (exact) mass is 452 g/mol. The van der Waals surface area contributed by atoms with Crippen molar-refractivity contribution < 1.29 is 19.4 Å². The van der Waals surface area contributed by atoms with Crippen molar-refractivity contribution in [2.24, 2.45) is 0 Å². The molecule has 0 aliphatic heterocycles. The van der Waals surface area contributed by atoms with E-state index in [1.807, 2.05) is 0 Å². The first-order valence-electron chi connectivity index (χ1n) is 13.7. The Labute approximate surface area is 198 Å². The number of aliphatic carboxylic acids is 1. The van der Waals surface area contributed by atoms with Gasteiger partial charge in [0.2, 0.25) is 0 Å². The van der Waals surface area contributed by atoms with Crippen molar-refractivity contribution in [1.82, 2.24) is 0 Å². The van der Waals surface area contributed by atoms with Gasteiger partial charge in [0.15, 0.2) is 0 Å². The largest absolute Gasteiger partial charge is 0.481 e. The molecule has 1 unspecified atom stereocenters. The predicted molar refractivity (Wildman–Crippen MR) is 135 cm³/mol. The van der Waals surface area contributed by atoms with Gasteiger partial charge in [-0.3, -0.25) is 9.59 Å². The lowest BCUT2D eigenvalue weighted by Crippen LogP contribution is -2.18. The van der Waals surface area contributed by atoms with Crippen LogP contribution in [0.1, 0.15) is 149 Å². The highest BCUT2D eigenvalue weighted by molar-refractivity contribution is 5.69. The van der Waals surface area contributed by atoms with Crippen molar-refractivity contribution in [2.75, 3.05) is 0 Å². The van der Waals surface area contributed by atoms with Gasteiger partial charge in [-0.15, -0.1) is 0 Å². The van der Waals surface area contributed by atoms with Crippen LogP contribution in [0, 0.1) is 0 Å². The molecular weight excluding hydrogens is 400 g/mol. The Bertz CT molecular complexity index is 458. The fraction of sp³-hybridized carbons (Fsp3) is 0.857. The van der Waals surface area contributed by atoms with Crippen molar-refractivity contribution in [2.45, 2.75) is 155 Å². The molecule has 0 saturated carbocycles. The van der Waals surface area contributed by atoms with Crippen LogP contribution in [0.4, 0.5) is 0 Å². The van der Waals surface area contributed by atoms with Gasteiger partial charge >= 0.3 is 11.9 Å². The molecule has 1 atom stereocenters. The second kappa shape index (κ2) is 24.3. The van der Waals surface area contributed by atoms with E-state index in [-0.39, 0.29) is 18.5 Å². The number of carbonyl (C=O) groups excluding carboxylic acids is 1. The summed E-state index contributed by atoms with van der Waals surface area (Å²) in [6.07, 6.45) is 26.5. The first kappa shape index (κ1) is 30.7. The summed E-state index contributed by atoms with van der Waals surface area (Å²) < 4.78 is 5.84. The highest BCUT2D eigenvalue weighted by atomic mass is 16.5. The minimum absolute atomic E-state index is 0.0306. The minimum atomic E-state index is -0.715. The summed E-state index contributed by atoms with van der Waals surface area (Å²) in [6.45, 7) is 4.43. The smallest absolute Gasteiger partial charge is 0.306 e. The molecule has 0 aliphatic rings. The van der Waals surface area contributed by atoms with E-state index in [4.69, 9.17) is 9.84 Å². The molecule has 0 saturated heterocycles. The van der Waals surface area contributed by atoms with Crippen molar-refractivity contribution in [3.05, 3.63) is 12.2 Å². The molecule has 0 bridgehead atoms. The van der Waals surface area contributed by atoms with E-state index in [1.165, 1.54) is 64.2 Å². The summed E-state index contributed by atoms with van der Waals surface area (Å²) in [6, 6.07) is 0. The zero-order valence-corrected chi connectivity index (χ0v) is 21.3. The summed E-state index contributed by atoms with van der Waals surface area (Å²) in [5, 5.41) is 8.73. The summed E-state index contributed by atoms with van der Waals surface area (Å²) in [4.78, 5) is 22.9. The Morgan fingerprint density at radius 2 is 1.19 bits per heavy atom. The van der Waals surface area contributed by atoms with Gasteiger partial charge in [-0.1, -0.05) is 90.2 Å². The molecule has 4 heteroatoms. The highest BCUT2D eigenvalue weighted by Gasteiger charge is 2.14. The standard InChI is InChI=1S/C28H52O4/c1-3-5-7-9-10-11-12-13-15-21-25-28(31)32-26(22-18-14-8-6-4-2)23-19-16-17-20-24-27(29)30/h7,9,26H,3-6,8,10-25H2,1-2H3,(H,29,30)/b9-7-. The number of ether oxygens (including phenoxy) is 1. The van der Waals surface area contributed by atoms with Gasteiger partial charge in [-0.05, 0) is 57.8 Å². The predicted octanol–water partition coefficient (Wildman–Crippen LogP) is 8.77. The summed E-state index contributed by atoms with van der Waals surface area (Å²) >= 11 is 0. The first-order valence-corrected chi connectivity index (χ1v) is 13.7. The second-order valence-electron chi connectivity index (χ2n) is 9.23. The molecular formula is C28H52O4. The number of carbonyl (C=O) groups is 2. The van der Waals surface area contributed by atoms with Crippen molar-refractivity contribution in [3.8, 4) is 0 Å². The molecule has 0 fully saturated rings. The number of unbranched alkanes of at least 4 members (excludes halogenated alkanes) is 13. The minimum Gasteiger partial charge on any atom is -0.481 e. The number of rotatable bonds is 24. The molecule has 0 aromatic heterocycles. The molecule has 0 amide bonds. The third-order valence-corrected chi connectivity index (χ3v) is 5.97. The molecule has 0 spiro atoms. The van der Waals surface area contributed by atoms with E-state index < -0.39 is 5.97 Å². The maximum Gasteiger partial charge on any atom is 0.306 e. The topological polar surface area (TPSA) is 63.6 Å². The van der Waals surface area contributed by atoms with Crippen LogP contribution in [0.2, 0.25) is 0 Å². The van der Waals surface area contributed by atoms with Crippen LogP contribution < -0.4 is 0 Å². The second-order valence-corrected chi connectivity index (χ2v) is 9.23. The van der Waals surface area contributed by atoms with Crippen LogP contribution in [0.3, 0.4) is 0 Å². The van der Waals surface area contributed by atoms with Gasteiger partial charge in [0.25, 0.3) is 0 Å². The van der Waals surface area contributed by atoms with Crippen LogP contribution in [-0.4, -0.2) is 23.1 Å². The van der Waals surface area contributed by atoms with E-state index in [1.54, 1.807) is 0 Å². The van der Waals surface area contributed by atoms with Crippen LogP contribution in [0.25, 0.3) is 0 Å². The molecule has 0 rings (SSSR count). The van der Waals surface area contributed by atoms with E-state index >= 15 is 0 Å². The number of carboxylic acids is 1. The lowest BCUT2D eigenvalue weighted by atomic mass is 10.0. The van der Waals surface area contributed by atoms with E-state index in [9.17, 15) is 9.59 Å². The normalized spacial score (nSPS) is 12.3. The Morgan fingerprint density at radius 3 is 1.81 bits per heavy atom. The molecule has 188 valence electrons. The zero-order valence-electron chi connectivity index (χ0n) is 21.3. The molecule has 0 aromatic carbocycles. The summed E-state index contributed by atoms with van der Waals surface area (Å²) in [5.41, 5.74) is 0. The zero-order chi connectivity index (χ0) is 23.7. The Hall–Kier alpha value is -1.32. The van der Waals surface area contributed by atoms with Gasteiger partial charge in [0.1, 0.15) is 6.10 Å². The van der Waals surface area contributed by atoms with Crippen molar-refractivity contribution in [1.29, 1.82) is 0 Å². The third-order valence-electron chi connectivity index (χ3n) is 5.97. The molecule has 32 heavy (non-hydrogen) atoms. The fourth-order valence-electron chi connectivity index (χ4n) is 3.95. The van der Waals surface area contributed by atoms with Crippen LogP contribution in [0.5, 0.6) is 0 Å². The quantitative estimate of drug-likeness (QED) is 0.0902. The maximum absolute atomic E-state index is 12.3. The van der Waals surface area contributed by atoms with E-state index in [0.29, 0.717) is 6.42 Å². The Morgan fingerprint density at radius 1 is 0.656 bits per heavy atom. The van der Waals surface area contributed by atoms with Crippen molar-refractivity contribution >= 4 is 11.9 Å². The average Bonchev–Trinajstić information content (AvgIpc) is 2.76. The lowest BCUT2D eigenvalue weighted by Gasteiger charge is -2.18. The molecule has 0 heterocycles. The molecule has 0 radical (unpaired) electrons. The number of hydrogen-bond donors (Lipinski definition) is 1. The van der Waals surface area contributed by atoms with Crippen molar-refractivity contribution in [3.63, 3.8) is 0 Å². The average molecular weight is 453 g/mol. The molecule has 1 N–H and O–H groups in total. The number of carboxylic acid groups (broad SMARTS) is 1. The first-order chi connectivity index (χ1) is 15.6. The fourth-order valence-corrected chi connectivity index (χ4v) is 3.95. The van der Waals surface area contributed by atoms with Gasteiger partial charge in [-0.25, -0.2) is 0 Å². The van der Waals surface area contributed by atoms with Gasteiger partial charge in [0.05, 0.1) is 0 Å². The number of allylic oxidation sites excluding steroid dienone is 2. The van der Waals surface area contributed by atoms with E-state index in [0.717, 1.165) is 57.8 Å². The van der Waals surface area contributed by atoms with Gasteiger partial charge in [-0.2, -0.15) is 0 Å². The Kier molecular flexibility index (Phi) is 23.3.